The molecule has 0 aliphatic heterocycles. The van der Waals surface area contributed by atoms with Gasteiger partial charge in [0.25, 0.3) is 0 Å². The molecule has 2 amide bonds. The van der Waals surface area contributed by atoms with Gasteiger partial charge in [0.1, 0.15) is 5.41 Å². The molecule has 4 aromatic rings. The van der Waals surface area contributed by atoms with Gasteiger partial charge in [0, 0.05) is 0 Å². The maximum Gasteiger partial charge on any atom is 0.236 e. The number of hydrogen-bond acceptors (Lipinski definition) is 4. The zero-order valence-corrected chi connectivity index (χ0v) is 25.0. The van der Waals surface area contributed by atoms with E-state index in [2.05, 4.69) is 10.6 Å². The Balaban J connectivity index is 1.52. The summed E-state index contributed by atoms with van der Waals surface area (Å²) in [5, 5.41) is 32.8. The highest BCUT2D eigenvalue weighted by atomic mass is 16.3. The van der Waals surface area contributed by atoms with Gasteiger partial charge in [0.15, 0.2) is 0 Å². The van der Waals surface area contributed by atoms with Gasteiger partial charge in [0.05, 0.1) is 23.3 Å². The fraction of sp³-hybridized carbons (Fsp3) is 0.389. The number of amides is 2. The van der Waals surface area contributed by atoms with Crippen LogP contribution in [0.5, 0.6) is 0 Å². The molecular weight excluding hydrogens is 524 g/mol. The third-order valence-electron chi connectivity index (χ3n) is 8.81. The summed E-state index contributed by atoms with van der Waals surface area (Å²) >= 11 is 0. The van der Waals surface area contributed by atoms with Crippen LogP contribution in [0, 0.1) is 5.41 Å². The summed E-state index contributed by atoms with van der Waals surface area (Å²) in [6.45, 7) is 6.71. The Morgan fingerprint density at radius 1 is 0.619 bits per heavy atom. The predicted molar refractivity (Wildman–Crippen MR) is 168 cm³/mol. The van der Waals surface area contributed by atoms with Crippen molar-refractivity contribution in [1.29, 1.82) is 0 Å². The van der Waals surface area contributed by atoms with Gasteiger partial charge in [-0.05, 0) is 73.2 Å². The molecule has 0 unspecified atom stereocenters. The Morgan fingerprint density at radius 3 is 1.40 bits per heavy atom. The molecule has 0 aromatic heterocycles. The first-order chi connectivity index (χ1) is 19.9. The van der Waals surface area contributed by atoms with Crippen LogP contribution in [0.1, 0.15) is 83.0 Å². The Kier molecular flexibility index (Phi) is 8.15. The second kappa shape index (κ2) is 11.5. The van der Waals surface area contributed by atoms with E-state index in [1.807, 2.05) is 84.9 Å². The molecule has 6 nitrogen and oxygen atoms in total. The highest BCUT2D eigenvalue weighted by molar-refractivity contribution is 6.06. The number of aliphatic hydroxyl groups is 2. The van der Waals surface area contributed by atoms with Crippen LogP contribution < -0.4 is 10.6 Å². The van der Waals surface area contributed by atoms with E-state index in [9.17, 15) is 19.8 Å². The molecule has 220 valence electrons. The third kappa shape index (κ3) is 5.79. The van der Waals surface area contributed by atoms with Crippen LogP contribution in [-0.4, -0.2) is 33.2 Å². The second-order valence-electron chi connectivity index (χ2n) is 12.9. The molecule has 1 saturated carbocycles. The summed E-state index contributed by atoms with van der Waals surface area (Å²) in [5.74, 6) is -0.792. The molecule has 1 aliphatic carbocycles. The molecule has 5 rings (SSSR count). The summed E-state index contributed by atoms with van der Waals surface area (Å²) < 4.78 is 0. The maximum atomic E-state index is 14.4. The van der Waals surface area contributed by atoms with E-state index in [0.29, 0.717) is 12.8 Å². The minimum Gasteiger partial charge on any atom is -0.388 e. The topological polar surface area (TPSA) is 98.7 Å². The summed E-state index contributed by atoms with van der Waals surface area (Å²) in [7, 11) is 0. The first kappa shape index (κ1) is 29.7. The van der Waals surface area contributed by atoms with E-state index in [0.717, 1.165) is 51.9 Å². The fourth-order valence-corrected chi connectivity index (χ4v) is 6.53. The number of carbonyl (C=O) groups excluding carboxylic acids is 2. The van der Waals surface area contributed by atoms with Crippen LogP contribution in [0.2, 0.25) is 0 Å². The second-order valence-corrected chi connectivity index (χ2v) is 12.9. The smallest absolute Gasteiger partial charge is 0.236 e. The van der Waals surface area contributed by atoms with E-state index >= 15 is 0 Å². The Morgan fingerprint density at radius 2 is 1.00 bits per heavy atom. The van der Waals surface area contributed by atoms with Gasteiger partial charge in [-0.2, -0.15) is 0 Å². The number of fused-ring (bicyclic) bond motifs is 2. The molecule has 1 fully saturated rings. The molecule has 42 heavy (non-hydrogen) atoms. The number of hydrogen-bond donors (Lipinski definition) is 4. The quantitative estimate of drug-likeness (QED) is 0.183. The molecule has 4 N–H and O–H groups in total. The molecule has 0 saturated heterocycles. The van der Waals surface area contributed by atoms with E-state index in [4.69, 9.17) is 0 Å². The molecule has 0 spiro atoms. The van der Waals surface area contributed by atoms with Crippen molar-refractivity contribution in [3.05, 3.63) is 96.1 Å². The van der Waals surface area contributed by atoms with E-state index in [-0.39, 0.29) is 0 Å². The van der Waals surface area contributed by atoms with E-state index < -0.39 is 40.5 Å². The molecule has 6 heteroatoms. The maximum absolute atomic E-state index is 14.4. The largest absolute Gasteiger partial charge is 0.388 e. The number of benzene rings is 4. The summed E-state index contributed by atoms with van der Waals surface area (Å²) in [6.07, 6.45) is 3.21. The van der Waals surface area contributed by atoms with Gasteiger partial charge >= 0.3 is 0 Å². The predicted octanol–water partition coefficient (Wildman–Crippen LogP) is 6.50. The Labute approximate surface area is 248 Å². The molecular formula is C36H42N2O4. The lowest BCUT2D eigenvalue weighted by Crippen LogP contribution is -2.57. The number of rotatable bonds is 8. The average molecular weight is 567 g/mol. The average Bonchev–Trinajstić information content (AvgIpc) is 2.97. The zero-order valence-electron chi connectivity index (χ0n) is 25.0. The molecule has 1 aliphatic rings. The van der Waals surface area contributed by atoms with Gasteiger partial charge in [-0.1, -0.05) is 104 Å². The minimum atomic E-state index is -1.33. The van der Waals surface area contributed by atoms with Crippen LogP contribution in [-0.2, 0) is 9.59 Å². The van der Waals surface area contributed by atoms with Crippen LogP contribution in [0.4, 0.5) is 0 Å². The SMILES string of the molecule is CC(C)(O)[C@@H](NC(=O)C1(C(=O)N[C@@H](c2cccc3ccccc23)C(C)(C)O)CCCCC1)c1cccc2ccccc12. The normalized spacial score (nSPS) is 17.0. The zero-order chi connectivity index (χ0) is 30.1. The summed E-state index contributed by atoms with van der Waals surface area (Å²) in [5.41, 5.74) is -2.34. The minimum absolute atomic E-state index is 0.396. The van der Waals surface area contributed by atoms with Gasteiger partial charge in [-0.25, -0.2) is 0 Å². The fourth-order valence-electron chi connectivity index (χ4n) is 6.53. The lowest BCUT2D eigenvalue weighted by molar-refractivity contribution is -0.149. The molecule has 2 atom stereocenters. The van der Waals surface area contributed by atoms with Crippen LogP contribution in [0.15, 0.2) is 84.9 Å². The van der Waals surface area contributed by atoms with Crippen LogP contribution >= 0.6 is 0 Å². The van der Waals surface area contributed by atoms with Gasteiger partial charge < -0.3 is 20.8 Å². The van der Waals surface area contributed by atoms with Crippen molar-refractivity contribution >= 4 is 33.4 Å². The van der Waals surface area contributed by atoms with Crippen molar-refractivity contribution in [3.63, 3.8) is 0 Å². The highest BCUT2D eigenvalue weighted by Crippen LogP contribution is 2.41. The van der Waals surface area contributed by atoms with Crippen LogP contribution in [0.25, 0.3) is 21.5 Å². The lowest BCUT2D eigenvalue weighted by Gasteiger charge is -2.40. The standard InChI is InChI=1S/C36H42N2O4/c1-34(2,41)30(28-20-12-16-24-14-6-8-18-26(24)28)37-32(39)36(22-10-5-11-23-36)33(40)38-31(35(3,4)42)29-21-13-17-25-15-7-9-19-27(25)29/h6-9,12-21,30-31,41-42H,5,10-11,22-23H2,1-4H3,(H,37,39)(H,38,40)/t30-,31-/m0/s1. The molecule has 0 heterocycles. The van der Waals surface area contributed by atoms with Crippen molar-refractivity contribution in [3.8, 4) is 0 Å². The van der Waals surface area contributed by atoms with E-state index in [1.54, 1.807) is 27.7 Å². The first-order valence-electron chi connectivity index (χ1n) is 14.9. The lowest BCUT2D eigenvalue weighted by atomic mass is 9.71. The van der Waals surface area contributed by atoms with Crippen molar-refractivity contribution in [2.24, 2.45) is 5.41 Å². The third-order valence-corrected chi connectivity index (χ3v) is 8.81. The van der Waals surface area contributed by atoms with Crippen molar-refractivity contribution in [1.82, 2.24) is 10.6 Å². The van der Waals surface area contributed by atoms with Crippen molar-refractivity contribution in [2.75, 3.05) is 0 Å². The highest BCUT2D eigenvalue weighted by Gasteiger charge is 2.49. The molecule has 0 bridgehead atoms. The number of carbonyl (C=O) groups is 2. The Hall–Kier alpha value is -3.74. The molecule has 4 aromatic carbocycles. The van der Waals surface area contributed by atoms with Crippen molar-refractivity contribution in [2.45, 2.75) is 83.1 Å². The summed E-state index contributed by atoms with van der Waals surface area (Å²) in [6, 6.07) is 26.0. The monoisotopic (exact) mass is 566 g/mol. The summed E-state index contributed by atoms with van der Waals surface area (Å²) in [4.78, 5) is 28.7. The van der Waals surface area contributed by atoms with Gasteiger partial charge in [-0.15, -0.1) is 0 Å². The van der Waals surface area contributed by atoms with Gasteiger partial charge in [0.2, 0.25) is 11.8 Å². The van der Waals surface area contributed by atoms with Crippen molar-refractivity contribution < 1.29 is 19.8 Å². The number of nitrogens with one attached hydrogen (secondary N) is 2. The van der Waals surface area contributed by atoms with E-state index in [1.165, 1.54) is 0 Å². The van der Waals surface area contributed by atoms with Crippen LogP contribution in [0.3, 0.4) is 0 Å². The Bertz CT molecular complexity index is 1470. The van der Waals surface area contributed by atoms with Gasteiger partial charge in [-0.3, -0.25) is 9.59 Å². The first-order valence-corrected chi connectivity index (χ1v) is 14.9. The molecule has 0 radical (unpaired) electrons.